The minimum absolute atomic E-state index is 0.218. The summed E-state index contributed by atoms with van der Waals surface area (Å²) in [6, 6.07) is 0. The Morgan fingerprint density at radius 3 is 2.76 bits per heavy atom. The van der Waals surface area contributed by atoms with E-state index in [9.17, 15) is 0 Å². The highest BCUT2D eigenvalue weighted by Crippen LogP contribution is 2.23. The summed E-state index contributed by atoms with van der Waals surface area (Å²) in [6.45, 7) is 6.50. The van der Waals surface area contributed by atoms with E-state index < -0.39 is 5.12 Å². The summed E-state index contributed by atoms with van der Waals surface area (Å²) < 4.78 is 0. The predicted octanol–water partition coefficient (Wildman–Crippen LogP) is 0.0242. The number of nitrogens with one attached hydrogen (secondary N) is 1. The van der Waals surface area contributed by atoms with Gasteiger partial charge in [-0.2, -0.15) is 0 Å². The molecular weight excluding hydrogens is 240 g/mol. The van der Waals surface area contributed by atoms with Gasteiger partial charge < -0.3 is 10.4 Å². The normalized spacial score (nSPS) is 31.1. The third-order valence-corrected chi connectivity index (χ3v) is 3.63. The first kappa shape index (κ1) is 12.8. The lowest BCUT2D eigenvalue weighted by molar-refractivity contribution is 0.0781. The van der Waals surface area contributed by atoms with E-state index in [-0.39, 0.29) is 6.61 Å². The number of aliphatic hydroxyl groups is 1. The smallest absolute Gasteiger partial charge is 0.191 e. The quantitative estimate of drug-likeness (QED) is 0.554. The van der Waals surface area contributed by atoms with Crippen LogP contribution in [0.3, 0.4) is 0 Å². The van der Waals surface area contributed by atoms with Gasteiger partial charge in [-0.15, -0.1) is 0 Å². The number of aliphatic hydroxyl groups excluding tert-OH is 1. The molecule has 96 valence electrons. The lowest BCUT2D eigenvalue weighted by atomic mass is 10.2. The fraction of sp³-hybridized carbons (Fsp3) is 0.727. The number of alkyl halides is 1. The summed E-state index contributed by atoms with van der Waals surface area (Å²) >= 11 is 6.55. The zero-order valence-corrected chi connectivity index (χ0v) is 10.8. The van der Waals surface area contributed by atoms with Crippen molar-refractivity contribution in [2.75, 3.05) is 39.3 Å². The molecule has 2 aliphatic rings. The standard InChI is InChI=1S/C11H19ClN4O/c1-10-13-3-2-11(12,14-10)16-6-4-15(5-7-16)8-9-17/h2-3,17H,4-9H2,1H3,(H,13,14). The van der Waals surface area contributed by atoms with Crippen molar-refractivity contribution in [3.05, 3.63) is 12.3 Å². The van der Waals surface area contributed by atoms with Crippen molar-refractivity contribution in [1.29, 1.82) is 0 Å². The third-order valence-electron chi connectivity index (χ3n) is 3.17. The van der Waals surface area contributed by atoms with Gasteiger partial charge in [-0.25, -0.2) is 4.99 Å². The van der Waals surface area contributed by atoms with E-state index >= 15 is 0 Å². The van der Waals surface area contributed by atoms with Crippen molar-refractivity contribution in [1.82, 2.24) is 15.1 Å². The highest BCUT2D eigenvalue weighted by Gasteiger charge is 2.35. The summed E-state index contributed by atoms with van der Waals surface area (Å²) in [6.07, 6.45) is 3.63. The van der Waals surface area contributed by atoms with Crippen LogP contribution in [-0.4, -0.2) is 65.2 Å². The van der Waals surface area contributed by atoms with Crippen molar-refractivity contribution >= 4 is 17.4 Å². The van der Waals surface area contributed by atoms with Crippen molar-refractivity contribution in [2.24, 2.45) is 4.99 Å². The highest BCUT2D eigenvalue weighted by molar-refractivity contribution is 6.26. The maximum absolute atomic E-state index is 8.90. The van der Waals surface area contributed by atoms with Gasteiger partial charge in [0.1, 0.15) is 5.84 Å². The number of aliphatic imine (C=N–C) groups is 1. The molecule has 2 N–H and O–H groups in total. The summed E-state index contributed by atoms with van der Waals surface area (Å²) in [5, 5.41) is 11.5. The van der Waals surface area contributed by atoms with Gasteiger partial charge in [0.25, 0.3) is 0 Å². The number of piperazine rings is 1. The minimum Gasteiger partial charge on any atom is -0.395 e. The Morgan fingerprint density at radius 1 is 1.47 bits per heavy atom. The van der Waals surface area contributed by atoms with Crippen LogP contribution < -0.4 is 5.32 Å². The molecule has 5 nitrogen and oxygen atoms in total. The second kappa shape index (κ2) is 5.35. The van der Waals surface area contributed by atoms with Gasteiger partial charge in [-0.1, -0.05) is 11.6 Å². The van der Waals surface area contributed by atoms with Crippen LogP contribution in [0.1, 0.15) is 6.92 Å². The third kappa shape index (κ3) is 2.98. The minimum atomic E-state index is -0.642. The van der Waals surface area contributed by atoms with Crippen LogP contribution in [0, 0.1) is 0 Å². The number of β-amino-alcohol motifs (C(OH)–C–C–N with tert-alkyl or cyclic N) is 1. The second-order valence-corrected chi connectivity index (χ2v) is 4.96. The van der Waals surface area contributed by atoms with Crippen LogP contribution in [0.15, 0.2) is 17.3 Å². The lowest BCUT2D eigenvalue weighted by Gasteiger charge is -2.43. The number of rotatable bonds is 3. The molecule has 6 heteroatoms. The highest BCUT2D eigenvalue weighted by atomic mass is 35.5. The number of nitrogens with zero attached hydrogens (tertiary/aromatic N) is 3. The first-order chi connectivity index (χ1) is 8.14. The molecule has 0 aromatic carbocycles. The molecular formula is C11H19ClN4O. The molecule has 0 bridgehead atoms. The fourth-order valence-electron chi connectivity index (χ4n) is 2.20. The molecule has 2 heterocycles. The maximum Gasteiger partial charge on any atom is 0.191 e. The van der Waals surface area contributed by atoms with E-state index in [1.165, 1.54) is 0 Å². The molecule has 17 heavy (non-hydrogen) atoms. The average molecular weight is 259 g/mol. The van der Waals surface area contributed by atoms with E-state index in [1.54, 1.807) is 6.20 Å². The number of hydrogen-bond donors (Lipinski definition) is 2. The van der Waals surface area contributed by atoms with Gasteiger partial charge in [0.05, 0.1) is 6.61 Å². The van der Waals surface area contributed by atoms with Crippen LogP contribution >= 0.6 is 11.6 Å². The van der Waals surface area contributed by atoms with Gasteiger partial charge in [0.15, 0.2) is 5.12 Å². The number of halogens is 1. The summed E-state index contributed by atoms with van der Waals surface area (Å²) in [7, 11) is 0. The van der Waals surface area contributed by atoms with Gasteiger partial charge >= 0.3 is 0 Å². The number of hydrogen-bond acceptors (Lipinski definition) is 5. The first-order valence-corrected chi connectivity index (χ1v) is 6.29. The van der Waals surface area contributed by atoms with Crippen LogP contribution in [0.4, 0.5) is 0 Å². The summed E-state index contributed by atoms with van der Waals surface area (Å²) in [5.41, 5.74) is 0. The Balaban J connectivity index is 1.92. The number of amidine groups is 1. The molecule has 1 atom stereocenters. The molecule has 0 saturated carbocycles. The molecule has 1 unspecified atom stereocenters. The maximum atomic E-state index is 8.90. The van der Waals surface area contributed by atoms with Crippen LogP contribution in [0.25, 0.3) is 0 Å². The summed E-state index contributed by atoms with van der Waals surface area (Å²) in [5.74, 6) is 0.834. The topological polar surface area (TPSA) is 51.1 Å². The average Bonchev–Trinajstić information content (AvgIpc) is 2.30. The molecule has 1 saturated heterocycles. The van der Waals surface area contributed by atoms with E-state index in [0.717, 1.165) is 38.6 Å². The zero-order chi connectivity index (χ0) is 12.3. The van der Waals surface area contributed by atoms with Gasteiger partial charge in [-0.3, -0.25) is 9.80 Å². The molecule has 0 spiro atoms. The Morgan fingerprint density at radius 2 is 2.18 bits per heavy atom. The molecule has 2 aliphatic heterocycles. The first-order valence-electron chi connectivity index (χ1n) is 5.91. The predicted molar refractivity (Wildman–Crippen MR) is 69.1 cm³/mol. The molecule has 0 aromatic heterocycles. The largest absolute Gasteiger partial charge is 0.395 e. The Bertz CT molecular complexity index is 325. The second-order valence-electron chi connectivity index (χ2n) is 4.38. The molecule has 2 rings (SSSR count). The summed E-state index contributed by atoms with van der Waals surface area (Å²) in [4.78, 5) is 8.57. The Kier molecular flexibility index (Phi) is 4.04. The van der Waals surface area contributed by atoms with E-state index in [4.69, 9.17) is 16.7 Å². The van der Waals surface area contributed by atoms with E-state index in [0.29, 0.717) is 0 Å². The molecule has 0 amide bonds. The van der Waals surface area contributed by atoms with Crippen LogP contribution in [-0.2, 0) is 0 Å². The van der Waals surface area contributed by atoms with Crippen molar-refractivity contribution < 1.29 is 5.11 Å². The lowest BCUT2D eigenvalue weighted by Crippen LogP contribution is -2.61. The van der Waals surface area contributed by atoms with Crippen LogP contribution in [0.2, 0.25) is 0 Å². The van der Waals surface area contributed by atoms with Gasteiger partial charge in [-0.05, 0) is 13.0 Å². The molecule has 0 radical (unpaired) electrons. The fourth-order valence-corrected chi connectivity index (χ4v) is 2.56. The van der Waals surface area contributed by atoms with Gasteiger partial charge in [0, 0.05) is 38.9 Å². The molecule has 0 aromatic rings. The van der Waals surface area contributed by atoms with E-state index in [1.807, 2.05) is 13.0 Å². The Labute approximate surface area is 107 Å². The van der Waals surface area contributed by atoms with Crippen molar-refractivity contribution in [3.63, 3.8) is 0 Å². The van der Waals surface area contributed by atoms with Crippen molar-refractivity contribution in [2.45, 2.75) is 12.0 Å². The zero-order valence-electron chi connectivity index (χ0n) is 10.1. The van der Waals surface area contributed by atoms with Crippen LogP contribution in [0.5, 0.6) is 0 Å². The van der Waals surface area contributed by atoms with Crippen molar-refractivity contribution in [3.8, 4) is 0 Å². The molecule has 0 aliphatic carbocycles. The monoisotopic (exact) mass is 258 g/mol. The van der Waals surface area contributed by atoms with E-state index in [2.05, 4.69) is 20.1 Å². The Hall–Kier alpha value is -0.620. The van der Waals surface area contributed by atoms with Gasteiger partial charge in [0.2, 0.25) is 0 Å². The molecule has 1 fully saturated rings. The SMILES string of the molecule is CC1=NC=CC(Cl)(N2CCN(CCO)CC2)N1.